The van der Waals surface area contributed by atoms with Crippen molar-refractivity contribution in [2.45, 2.75) is 40.0 Å². The fourth-order valence-corrected chi connectivity index (χ4v) is 2.97. The van der Waals surface area contributed by atoms with Crippen LogP contribution in [-0.2, 0) is 0 Å². The predicted molar refractivity (Wildman–Crippen MR) is 83.4 cm³/mol. The maximum atomic E-state index is 6.00. The van der Waals surface area contributed by atoms with E-state index in [1.54, 1.807) is 0 Å². The van der Waals surface area contributed by atoms with Gasteiger partial charge in [0.05, 0.1) is 0 Å². The van der Waals surface area contributed by atoms with Crippen LogP contribution in [0.2, 0.25) is 5.28 Å². The van der Waals surface area contributed by atoms with Gasteiger partial charge < -0.3 is 10.2 Å². The third kappa shape index (κ3) is 3.95. The van der Waals surface area contributed by atoms with E-state index in [-0.39, 0.29) is 5.28 Å². The Balaban J connectivity index is 2.00. The van der Waals surface area contributed by atoms with E-state index in [0.717, 1.165) is 31.5 Å². The summed E-state index contributed by atoms with van der Waals surface area (Å²) >= 11 is 6.00. The fraction of sp³-hybridized carbons (Fsp3) is 0.786. The first-order chi connectivity index (χ1) is 9.62. The van der Waals surface area contributed by atoms with Crippen molar-refractivity contribution in [3.63, 3.8) is 0 Å². The lowest BCUT2D eigenvalue weighted by atomic mass is 10.1. The lowest BCUT2D eigenvalue weighted by Gasteiger charge is -2.19. The van der Waals surface area contributed by atoms with Gasteiger partial charge in [-0.25, -0.2) is 0 Å². The highest BCUT2D eigenvalue weighted by Gasteiger charge is 2.21. The molecule has 0 amide bonds. The van der Waals surface area contributed by atoms with Gasteiger partial charge >= 0.3 is 0 Å². The van der Waals surface area contributed by atoms with Crippen LogP contribution in [0.15, 0.2) is 0 Å². The number of anilines is 2. The average Bonchev–Trinajstić information content (AvgIpc) is 2.83. The maximum Gasteiger partial charge on any atom is 0.231 e. The Bertz CT molecular complexity index is 436. The molecular formula is C14H24ClN5. The van der Waals surface area contributed by atoms with Gasteiger partial charge in [-0.05, 0) is 50.1 Å². The van der Waals surface area contributed by atoms with Gasteiger partial charge in [0, 0.05) is 19.6 Å². The van der Waals surface area contributed by atoms with E-state index in [0.29, 0.717) is 11.9 Å². The van der Waals surface area contributed by atoms with Crippen molar-refractivity contribution < 1.29 is 0 Å². The molecular weight excluding hydrogens is 274 g/mol. The topological polar surface area (TPSA) is 53.9 Å². The van der Waals surface area contributed by atoms with Crippen LogP contribution in [0.25, 0.3) is 0 Å². The summed E-state index contributed by atoms with van der Waals surface area (Å²) in [7, 11) is 0. The maximum absolute atomic E-state index is 6.00. The van der Waals surface area contributed by atoms with Crippen molar-refractivity contribution in [2.24, 2.45) is 11.8 Å². The van der Waals surface area contributed by atoms with E-state index in [2.05, 4.69) is 45.9 Å². The summed E-state index contributed by atoms with van der Waals surface area (Å²) in [6, 6.07) is 0. The molecule has 0 radical (unpaired) electrons. The van der Waals surface area contributed by atoms with Gasteiger partial charge in [0.25, 0.3) is 0 Å². The number of nitrogens with zero attached hydrogens (tertiary/aromatic N) is 4. The largest absolute Gasteiger partial charge is 0.354 e. The van der Waals surface area contributed by atoms with Crippen molar-refractivity contribution in [1.82, 2.24) is 15.0 Å². The molecule has 0 aromatic carbocycles. The van der Waals surface area contributed by atoms with Gasteiger partial charge in [-0.3, -0.25) is 0 Å². The minimum Gasteiger partial charge on any atom is -0.354 e. The summed E-state index contributed by atoms with van der Waals surface area (Å²) in [6.07, 6.45) is 3.90. The van der Waals surface area contributed by atoms with E-state index >= 15 is 0 Å². The average molecular weight is 298 g/mol. The number of halogens is 1. The summed E-state index contributed by atoms with van der Waals surface area (Å²) in [5, 5.41) is 3.57. The second-order valence-corrected chi connectivity index (χ2v) is 5.90. The zero-order valence-corrected chi connectivity index (χ0v) is 13.3. The second-order valence-electron chi connectivity index (χ2n) is 5.57. The molecule has 1 aromatic rings. The van der Waals surface area contributed by atoms with E-state index in [1.165, 1.54) is 19.3 Å². The smallest absolute Gasteiger partial charge is 0.231 e. The van der Waals surface area contributed by atoms with Gasteiger partial charge in [0.1, 0.15) is 0 Å². The molecule has 2 unspecified atom stereocenters. The highest BCUT2D eigenvalue weighted by atomic mass is 35.5. The molecule has 1 saturated carbocycles. The quantitative estimate of drug-likeness (QED) is 0.874. The lowest BCUT2D eigenvalue weighted by molar-refractivity contribution is 0.535. The number of aromatic nitrogens is 3. The number of hydrogen-bond acceptors (Lipinski definition) is 5. The zero-order chi connectivity index (χ0) is 14.5. The molecule has 1 aliphatic rings. The summed E-state index contributed by atoms with van der Waals surface area (Å²) in [5.74, 6) is 2.80. The van der Waals surface area contributed by atoms with E-state index in [1.807, 2.05) is 0 Å². The Labute approximate surface area is 126 Å². The predicted octanol–water partition coefficient (Wildman–Crippen LogP) is 3.22. The van der Waals surface area contributed by atoms with Crippen LogP contribution in [0.3, 0.4) is 0 Å². The normalized spacial score (nSPS) is 22.0. The van der Waals surface area contributed by atoms with Crippen molar-refractivity contribution >= 4 is 23.5 Å². The monoisotopic (exact) mass is 297 g/mol. The molecule has 112 valence electrons. The molecule has 5 nitrogen and oxygen atoms in total. The fourth-order valence-electron chi connectivity index (χ4n) is 2.81. The van der Waals surface area contributed by atoms with Crippen LogP contribution in [-0.4, -0.2) is 34.6 Å². The SMILES string of the molecule is CCN(CC)c1nc(Cl)nc(NCC2CCC(C)C2)n1. The molecule has 0 spiro atoms. The van der Waals surface area contributed by atoms with E-state index < -0.39 is 0 Å². The number of hydrogen-bond donors (Lipinski definition) is 1. The molecule has 1 aliphatic carbocycles. The molecule has 1 N–H and O–H groups in total. The Morgan fingerprint density at radius 2 is 1.95 bits per heavy atom. The van der Waals surface area contributed by atoms with Crippen LogP contribution >= 0.6 is 11.6 Å². The zero-order valence-electron chi connectivity index (χ0n) is 12.6. The Morgan fingerprint density at radius 3 is 2.55 bits per heavy atom. The van der Waals surface area contributed by atoms with E-state index in [4.69, 9.17) is 11.6 Å². The highest BCUT2D eigenvalue weighted by molar-refractivity contribution is 6.28. The molecule has 1 aromatic heterocycles. The highest BCUT2D eigenvalue weighted by Crippen LogP contribution is 2.30. The van der Waals surface area contributed by atoms with Crippen molar-refractivity contribution in [3.05, 3.63) is 5.28 Å². The van der Waals surface area contributed by atoms with Crippen molar-refractivity contribution in [1.29, 1.82) is 0 Å². The molecule has 0 bridgehead atoms. The summed E-state index contributed by atoms with van der Waals surface area (Å²) in [5.41, 5.74) is 0. The molecule has 2 rings (SSSR count). The molecule has 1 fully saturated rings. The molecule has 2 atom stereocenters. The first-order valence-electron chi connectivity index (χ1n) is 7.52. The third-order valence-electron chi connectivity index (χ3n) is 3.99. The van der Waals surface area contributed by atoms with Crippen LogP contribution in [0.4, 0.5) is 11.9 Å². The molecule has 20 heavy (non-hydrogen) atoms. The minimum atomic E-state index is 0.254. The summed E-state index contributed by atoms with van der Waals surface area (Å²) < 4.78 is 0. The van der Waals surface area contributed by atoms with Crippen LogP contribution in [0, 0.1) is 11.8 Å². The Morgan fingerprint density at radius 1 is 1.20 bits per heavy atom. The molecule has 0 saturated heterocycles. The minimum absolute atomic E-state index is 0.254. The van der Waals surface area contributed by atoms with Crippen molar-refractivity contribution in [2.75, 3.05) is 29.9 Å². The Kier molecular flexibility index (Phi) is 5.40. The number of nitrogens with one attached hydrogen (secondary N) is 1. The number of rotatable bonds is 6. The first kappa shape index (κ1) is 15.3. The van der Waals surface area contributed by atoms with Gasteiger partial charge in [-0.15, -0.1) is 0 Å². The van der Waals surface area contributed by atoms with Crippen molar-refractivity contribution in [3.8, 4) is 0 Å². The van der Waals surface area contributed by atoms with Crippen LogP contribution in [0.1, 0.15) is 40.0 Å². The molecule has 0 aliphatic heterocycles. The van der Waals surface area contributed by atoms with Crippen LogP contribution in [0.5, 0.6) is 0 Å². The van der Waals surface area contributed by atoms with Gasteiger partial charge in [0.2, 0.25) is 17.2 Å². The molecule has 1 heterocycles. The standard InChI is InChI=1S/C14H24ClN5/c1-4-20(5-2)14-18-12(15)17-13(19-14)16-9-11-7-6-10(3)8-11/h10-11H,4-9H2,1-3H3,(H,16,17,18,19). The van der Waals surface area contributed by atoms with Gasteiger partial charge in [0.15, 0.2) is 0 Å². The van der Waals surface area contributed by atoms with Crippen LogP contribution < -0.4 is 10.2 Å². The Hall–Kier alpha value is -1.10. The first-order valence-corrected chi connectivity index (χ1v) is 7.90. The summed E-state index contributed by atoms with van der Waals surface area (Å²) in [4.78, 5) is 14.9. The lowest BCUT2D eigenvalue weighted by Crippen LogP contribution is -2.25. The van der Waals surface area contributed by atoms with Gasteiger partial charge in [-0.1, -0.05) is 13.3 Å². The second kappa shape index (κ2) is 7.07. The molecule has 6 heteroatoms. The third-order valence-corrected chi connectivity index (χ3v) is 4.16. The summed E-state index contributed by atoms with van der Waals surface area (Å²) in [6.45, 7) is 9.11. The van der Waals surface area contributed by atoms with Gasteiger partial charge in [-0.2, -0.15) is 15.0 Å². The van der Waals surface area contributed by atoms with E-state index in [9.17, 15) is 0 Å².